The molecule has 0 unspecified atom stereocenters. The Balaban J connectivity index is 1.85. The van der Waals surface area contributed by atoms with Crippen LogP contribution in [0.15, 0.2) is 0 Å². The van der Waals surface area contributed by atoms with Crippen molar-refractivity contribution in [2.45, 2.75) is 179 Å². The predicted molar refractivity (Wildman–Crippen MR) is 135 cm³/mol. The summed E-state index contributed by atoms with van der Waals surface area (Å²) < 4.78 is 0. The number of rotatable bonds is 2. The summed E-state index contributed by atoms with van der Waals surface area (Å²) in [7, 11) is 2.52. The van der Waals surface area contributed by atoms with Crippen molar-refractivity contribution >= 4 is 0 Å². The van der Waals surface area contributed by atoms with E-state index in [4.69, 9.17) is 0 Å². The fraction of sp³-hybridized carbons (Fsp3) is 1.00. The second-order valence-electron chi connectivity index (χ2n) is 10.9. The molecule has 0 bridgehead atoms. The van der Waals surface area contributed by atoms with Crippen molar-refractivity contribution in [3.05, 3.63) is 0 Å². The van der Waals surface area contributed by atoms with Crippen LogP contribution >= 0.6 is 0 Å². The summed E-state index contributed by atoms with van der Waals surface area (Å²) in [6, 6.07) is 1.72. The molecule has 0 atom stereocenters. The van der Waals surface area contributed by atoms with Crippen molar-refractivity contribution < 1.29 is 0 Å². The van der Waals surface area contributed by atoms with Crippen LogP contribution in [0.25, 0.3) is 0 Å². The molecule has 0 aromatic rings. The highest BCUT2D eigenvalue weighted by Gasteiger charge is 2.22. The normalized spacial score (nSPS) is 25.4. The first-order chi connectivity index (χ1) is 14.9. The molecule has 1 heteroatoms. The predicted octanol–water partition coefficient (Wildman–Crippen LogP) is 9.83. The minimum Gasteiger partial charge on any atom is -0.300 e. The molecule has 1 nitrogen and oxygen atoms in total. The van der Waals surface area contributed by atoms with Gasteiger partial charge in [0.15, 0.2) is 0 Å². The Morgan fingerprint density at radius 1 is 0.300 bits per heavy atom. The zero-order valence-corrected chi connectivity index (χ0v) is 21.0. The average Bonchev–Trinajstić information content (AvgIpc) is 2.77. The van der Waals surface area contributed by atoms with Crippen LogP contribution in [0.2, 0.25) is 0 Å². The molecule has 0 aromatic heterocycles. The summed E-state index contributed by atoms with van der Waals surface area (Å²) in [5.41, 5.74) is 0. The maximum atomic E-state index is 2.90. The summed E-state index contributed by atoms with van der Waals surface area (Å²) in [4.78, 5) is 2.90. The SMILES string of the molecule is CN(C1CCCCCCCCCCCCCC1)C1CCCCCCCCCCCC1. The van der Waals surface area contributed by atoms with Gasteiger partial charge in [-0.05, 0) is 32.7 Å². The second kappa shape index (κ2) is 18.5. The topological polar surface area (TPSA) is 3.24 Å². The van der Waals surface area contributed by atoms with Crippen LogP contribution in [0.1, 0.15) is 167 Å². The van der Waals surface area contributed by atoms with Crippen molar-refractivity contribution in [3.8, 4) is 0 Å². The third-order valence-electron chi connectivity index (χ3n) is 8.30. The molecule has 30 heavy (non-hydrogen) atoms. The van der Waals surface area contributed by atoms with Gasteiger partial charge in [-0.25, -0.2) is 0 Å². The molecule has 0 aromatic carbocycles. The van der Waals surface area contributed by atoms with Gasteiger partial charge >= 0.3 is 0 Å². The Bertz CT molecular complexity index is 335. The molecule has 0 spiro atoms. The van der Waals surface area contributed by atoms with Crippen molar-refractivity contribution in [1.82, 2.24) is 4.90 Å². The van der Waals surface area contributed by atoms with E-state index in [1.165, 1.54) is 167 Å². The molecule has 2 aliphatic carbocycles. The van der Waals surface area contributed by atoms with Gasteiger partial charge < -0.3 is 4.90 Å². The van der Waals surface area contributed by atoms with Crippen LogP contribution in [0.4, 0.5) is 0 Å². The Kier molecular flexibility index (Phi) is 16.2. The molecule has 2 saturated carbocycles. The van der Waals surface area contributed by atoms with Crippen LogP contribution in [0.5, 0.6) is 0 Å². The van der Waals surface area contributed by atoms with Crippen LogP contribution in [0.3, 0.4) is 0 Å². The monoisotopic (exact) mass is 419 g/mol. The van der Waals surface area contributed by atoms with Crippen LogP contribution in [0, 0.1) is 0 Å². The highest BCUT2D eigenvalue weighted by atomic mass is 15.2. The molecule has 2 rings (SSSR count). The zero-order chi connectivity index (χ0) is 21.1. The van der Waals surface area contributed by atoms with E-state index in [1.807, 2.05) is 0 Å². The summed E-state index contributed by atoms with van der Waals surface area (Å²) in [6.45, 7) is 0. The molecular weight excluding hydrogens is 362 g/mol. The quantitative estimate of drug-likeness (QED) is 0.430. The minimum atomic E-state index is 0.857. The van der Waals surface area contributed by atoms with E-state index in [-0.39, 0.29) is 0 Å². The third-order valence-corrected chi connectivity index (χ3v) is 8.30. The molecule has 0 heterocycles. The minimum absolute atomic E-state index is 0.857. The van der Waals surface area contributed by atoms with E-state index in [1.54, 1.807) is 0 Å². The van der Waals surface area contributed by atoms with Gasteiger partial charge in [-0.1, -0.05) is 141 Å². The van der Waals surface area contributed by atoms with Gasteiger partial charge in [-0.15, -0.1) is 0 Å². The molecule has 178 valence electrons. The second-order valence-corrected chi connectivity index (χ2v) is 10.9. The summed E-state index contributed by atoms with van der Waals surface area (Å²) in [6.07, 6.45) is 38.5. The Morgan fingerprint density at radius 2 is 0.467 bits per heavy atom. The molecule has 0 amide bonds. The zero-order valence-electron chi connectivity index (χ0n) is 21.0. The van der Waals surface area contributed by atoms with Crippen molar-refractivity contribution in [3.63, 3.8) is 0 Å². The van der Waals surface area contributed by atoms with Gasteiger partial charge in [0, 0.05) is 12.1 Å². The van der Waals surface area contributed by atoms with Crippen molar-refractivity contribution in [2.75, 3.05) is 7.05 Å². The van der Waals surface area contributed by atoms with E-state index in [9.17, 15) is 0 Å². The lowest BCUT2D eigenvalue weighted by molar-refractivity contribution is 0.131. The van der Waals surface area contributed by atoms with Gasteiger partial charge in [0.2, 0.25) is 0 Å². The number of hydrogen-bond acceptors (Lipinski definition) is 1. The van der Waals surface area contributed by atoms with Gasteiger partial charge in [-0.2, -0.15) is 0 Å². The Labute approximate surface area is 191 Å². The smallest absolute Gasteiger partial charge is 0.00951 e. The van der Waals surface area contributed by atoms with E-state index in [0.717, 1.165) is 12.1 Å². The van der Waals surface area contributed by atoms with Gasteiger partial charge in [-0.3, -0.25) is 0 Å². The highest BCUT2D eigenvalue weighted by molar-refractivity contribution is 4.78. The van der Waals surface area contributed by atoms with Gasteiger partial charge in [0.1, 0.15) is 0 Å². The van der Waals surface area contributed by atoms with E-state index < -0.39 is 0 Å². The molecule has 0 N–H and O–H groups in total. The average molecular weight is 420 g/mol. The lowest BCUT2D eigenvalue weighted by Gasteiger charge is -2.36. The molecular formula is C29H57N. The molecule has 2 aliphatic rings. The molecule has 0 radical (unpaired) electrons. The largest absolute Gasteiger partial charge is 0.300 e. The molecule has 0 saturated heterocycles. The summed E-state index contributed by atoms with van der Waals surface area (Å²) in [5.74, 6) is 0. The third kappa shape index (κ3) is 12.7. The number of nitrogens with zero attached hydrogens (tertiary/aromatic N) is 1. The maximum Gasteiger partial charge on any atom is 0.00951 e. The maximum absolute atomic E-state index is 2.90. The fourth-order valence-electron chi connectivity index (χ4n) is 6.10. The fourth-order valence-corrected chi connectivity index (χ4v) is 6.10. The molecule has 0 aliphatic heterocycles. The van der Waals surface area contributed by atoms with E-state index >= 15 is 0 Å². The lowest BCUT2D eigenvalue weighted by atomic mass is 9.94. The van der Waals surface area contributed by atoms with Crippen LogP contribution in [-0.2, 0) is 0 Å². The van der Waals surface area contributed by atoms with Crippen LogP contribution < -0.4 is 0 Å². The van der Waals surface area contributed by atoms with Crippen molar-refractivity contribution in [1.29, 1.82) is 0 Å². The summed E-state index contributed by atoms with van der Waals surface area (Å²) in [5, 5.41) is 0. The van der Waals surface area contributed by atoms with Gasteiger partial charge in [0.25, 0.3) is 0 Å². The molecule has 2 fully saturated rings. The first kappa shape index (κ1) is 26.2. The Morgan fingerprint density at radius 3 is 0.667 bits per heavy atom. The lowest BCUT2D eigenvalue weighted by Crippen LogP contribution is -2.40. The van der Waals surface area contributed by atoms with E-state index in [2.05, 4.69) is 11.9 Å². The summed E-state index contributed by atoms with van der Waals surface area (Å²) >= 11 is 0. The Hall–Kier alpha value is -0.0400. The first-order valence-electron chi connectivity index (χ1n) is 14.6. The first-order valence-corrected chi connectivity index (χ1v) is 14.6. The van der Waals surface area contributed by atoms with Crippen LogP contribution in [-0.4, -0.2) is 24.0 Å². The highest BCUT2D eigenvalue weighted by Crippen LogP contribution is 2.25. The standard InChI is InChI=1S/C29H57N/c1-30(29-26-22-18-14-10-6-7-11-15-19-23-27-29)28-24-20-16-12-8-4-2-3-5-9-13-17-21-25-28/h28-29H,2-27H2,1H3. The van der Waals surface area contributed by atoms with Crippen molar-refractivity contribution in [2.24, 2.45) is 0 Å². The van der Waals surface area contributed by atoms with E-state index in [0.29, 0.717) is 0 Å². The number of hydrogen-bond donors (Lipinski definition) is 0. The van der Waals surface area contributed by atoms with Gasteiger partial charge in [0.05, 0.1) is 0 Å².